The van der Waals surface area contributed by atoms with Crippen LogP contribution in [0.3, 0.4) is 0 Å². The number of rotatable bonds is 6. The lowest BCUT2D eigenvalue weighted by molar-refractivity contribution is -0.141. The predicted octanol–water partition coefficient (Wildman–Crippen LogP) is 2.03. The van der Waals surface area contributed by atoms with E-state index in [1.54, 1.807) is 0 Å². The lowest BCUT2D eigenvalue weighted by atomic mass is 10.0. The summed E-state index contributed by atoms with van der Waals surface area (Å²) in [4.78, 5) is 34.2. The van der Waals surface area contributed by atoms with Gasteiger partial charge in [0, 0.05) is 6.42 Å². The fourth-order valence-electron chi connectivity index (χ4n) is 3.10. The smallest absolute Gasteiger partial charge is 0.429 e. The third-order valence-electron chi connectivity index (χ3n) is 4.48. The Kier molecular flexibility index (Phi) is 5.52. The minimum Gasteiger partial charge on any atom is -0.429 e. The molecule has 0 aromatic heterocycles. The van der Waals surface area contributed by atoms with Crippen molar-refractivity contribution >= 4 is 18.0 Å². The molecular weight excluding hydrogens is 348 g/mol. The van der Waals surface area contributed by atoms with Gasteiger partial charge in [-0.15, -0.1) is 0 Å². The van der Waals surface area contributed by atoms with Crippen LogP contribution in [0.5, 0.6) is 0 Å². The van der Waals surface area contributed by atoms with Gasteiger partial charge in [0.05, 0.1) is 0 Å². The van der Waals surface area contributed by atoms with E-state index in [1.165, 1.54) is 11.1 Å². The molecule has 3 rings (SSSR count). The highest BCUT2D eigenvalue weighted by atomic mass is 16.7. The monoisotopic (exact) mass is 368 g/mol. The van der Waals surface area contributed by atoms with E-state index in [1.807, 2.05) is 30.3 Å². The van der Waals surface area contributed by atoms with Crippen LogP contribution in [0.1, 0.15) is 29.5 Å². The molecule has 0 radical (unpaired) electrons. The number of esters is 1. The fraction of sp³-hybridized carbons (Fsp3) is 0.250. The molecule has 4 N–H and O–H groups in total. The number of hydrogen-bond donors (Lipinski definition) is 2. The van der Waals surface area contributed by atoms with Crippen molar-refractivity contribution in [3.63, 3.8) is 0 Å². The second kappa shape index (κ2) is 8.01. The van der Waals surface area contributed by atoms with Gasteiger partial charge in [-0.1, -0.05) is 42.5 Å². The van der Waals surface area contributed by atoms with Gasteiger partial charge in [0.1, 0.15) is 12.6 Å². The van der Waals surface area contributed by atoms with E-state index >= 15 is 0 Å². The average Bonchev–Trinajstić information content (AvgIpc) is 3.03. The zero-order chi connectivity index (χ0) is 19.4. The summed E-state index contributed by atoms with van der Waals surface area (Å²) >= 11 is 0. The van der Waals surface area contributed by atoms with Crippen LogP contribution in [-0.2, 0) is 32.1 Å². The topological polar surface area (TPSA) is 122 Å². The van der Waals surface area contributed by atoms with E-state index in [0.29, 0.717) is 0 Å². The van der Waals surface area contributed by atoms with Gasteiger partial charge in [0.2, 0.25) is 5.91 Å². The summed E-state index contributed by atoms with van der Waals surface area (Å²) in [5, 5.41) is 0. The Balaban J connectivity index is 1.58. The molecular formula is C20H20N2O5. The first-order chi connectivity index (χ1) is 13.0. The Hall–Kier alpha value is -3.19. The van der Waals surface area contributed by atoms with Gasteiger partial charge in [0.25, 0.3) is 0 Å². The fourth-order valence-corrected chi connectivity index (χ4v) is 3.10. The summed E-state index contributed by atoms with van der Waals surface area (Å²) in [6, 6.07) is 12.8. The zero-order valence-corrected chi connectivity index (χ0v) is 14.6. The van der Waals surface area contributed by atoms with Gasteiger partial charge < -0.3 is 20.9 Å². The Morgan fingerprint density at radius 3 is 2.56 bits per heavy atom. The molecule has 7 heteroatoms. The quantitative estimate of drug-likeness (QED) is 0.507. The highest BCUT2D eigenvalue weighted by Gasteiger charge is 2.23. The normalized spacial score (nSPS) is 12.6. The van der Waals surface area contributed by atoms with Crippen LogP contribution in [0.15, 0.2) is 42.5 Å². The van der Waals surface area contributed by atoms with Crippen LogP contribution in [0.2, 0.25) is 0 Å². The molecule has 1 atom stereocenters. The molecule has 1 aliphatic rings. The molecule has 0 heterocycles. The maximum absolute atomic E-state index is 11.8. The van der Waals surface area contributed by atoms with Crippen LogP contribution in [-0.4, -0.2) is 24.1 Å². The first-order valence-electron chi connectivity index (χ1n) is 8.57. The second-order valence-electron chi connectivity index (χ2n) is 6.35. The molecule has 0 aliphatic heterocycles. The van der Waals surface area contributed by atoms with E-state index in [9.17, 15) is 14.4 Å². The van der Waals surface area contributed by atoms with Crippen LogP contribution in [0, 0.1) is 0 Å². The number of amides is 1. The van der Waals surface area contributed by atoms with Gasteiger partial charge >= 0.3 is 12.1 Å². The summed E-state index contributed by atoms with van der Waals surface area (Å²) in [6.45, 7) is -0.0141. The highest BCUT2D eigenvalue weighted by Crippen LogP contribution is 2.38. The predicted molar refractivity (Wildman–Crippen MR) is 97.4 cm³/mol. The van der Waals surface area contributed by atoms with Crippen LogP contribution in [0.4, 0.5) is 4.79 Å². The van der Waals surface area contributed by atoms with Crippen molar-refractivity contribution in [3.8, 4) is 11.1 Å². The van der Waals surface area contributed by atoms with E-state index < -0.39 is 24.1 Å². The van der Waals surface area contributed by atoms with Gasteiger partial charge in [-0.3, -0.25) is 4.79 Å². The summed E-state index contributed by atoms with van der Waals surface area (Å²) < 4.78 is 9.64. The maximum atomic E-state index is 11.8. The number of carbonyl (C=O) groups is 3. The molecule has 0 bridgehead atoms. The number of nitrogens with two attached hydrogens (primary N) is 2. The number of carbonyl (C=O) groups excluding carboxylic acids is 3. The third kappa shape index (κ3) is 4.32. The summed E-state index contributed by atoms with van der Waals surface area (Å²) in [7, 11) is 0. The van der Waals surface area contributed by atoms with Crippen LogP contribution < -0.4 is 11.5 Å². The number of hydrogen-bond acceptors (Lipinski definition) is 6. The lowest BCUT2D eigenvalue weighted by Gasteiger charge is -2.11. The molecule has 2 aromatic carbocycles. The van der Waals surface area contributed by atoms with Crippen molar-refractivity contribution in [3.05, 3.63) is 59.2 Å². The minimum atomic E-state index is -1.12. The molecule has 7 nitrogen and oxygen atoms in total. The molecule has 0 saturated heterocycles. The van der Waals surface area contributed by atoms with Crippen molar-refractivity contribution in [1.29, 1.82) is 0 Å². The summed E-state index contributed by atoms with van der Waals surface area (Å²) in [6.07, 6.45) is -0.423. The Morgan fingerprint density at radius 2 is 1.78 bits per heavy atom. The number of ether oxygens (including phenoxy) is 2. The van der Waals surface area contributed by atoms with E-state index in [0.717, 1.165) is 23.1 Å². The molecule has 1 amide bonds. The third-order valence-corrected chi connectivity index (χ3v) is 4.48. The van der Waals surface area contributed by atoms with Crippen molar-refractivity contribution in [2.24, 2.45) is 11.5 Å². The van der Waals surface area contributed by atoms with Crippen molar-refractivity contribution in [2.75, 3.05) is 0 Å². The second-order valence-corrected chi connectivity index (χ2v) is 6.35. The Morgan fingerprint density at radius 1 is 1.04 bits per heavy atom. The zero-order valence-electron chi connectivity index (χ0n) is 14.6. The number of primary amides is 1. The van der Waals surface area contributed by atoms with Gasteiger partial charge in [-0.2, -0.15) is 0 Å². The maximum Gasteiger partial charge on any atom is 0.516 e. The van der Waals surface area contributed by atoms with Crippen LogP contribution in [0.25, 0.3) is 11.1 Å². The minimum absolute atomic E-state index is 0.00585. The van der Waals surface area contributed by atoms with Gasteiger partial charge in [0.15, 0.2) is 0 Å². The molecule has 27 heavy (non-hydrogen) atoms. The molecule has 0 saturated carbocycles. The Labute approximate surface area is 156 Å². The number of benzene rings is 2. The van der Waals surface area contributed by atoms with Crippen LogP contribution >= 0.6 is 0 Å². The molecule has 1 aliphatic carbocycles. The lowest BCUT2D eigenvalue weighted by Crippen LogP contribution is -2.35. The highest BCUT2D eigenvalue weighted by molar-refractivity contribution is 5.86. The largest absolute Gasteiger partial charge is 0.516 e. The van der Waals surface area contributed by atoms with Crippen molar-refractivity contribution < 1.29 is 23.9 Å². The first kappa shape index (κ1) is 18.6. The molecule has 0 spiro atoms. The van der Waals surface area contributed by atoms with Gasteiger partial charge in [-0.05, 0) is 40.7 Å². The molecule has 140 valence electrons. The summed E-state index contributed by atoms with van der Waals surface area (Å²) in [5.41, 5.74) is 16.0. The van der Waals surface area contributed by atoms with E-state index in [2.05, 4.69) is 16.9 Å². The molecule has 0 unspecified atom stereocenters. The first-order valence-corrected chi connectivity index (χ1v) is 8.57. The molecule has 2 aromatic rings. The van der Waals surface area contributed by atoms with Crippen molar-refractivity contribution in [1.82, 2.24) is 0 Å². The average molecular weight is 368 g/mol. The summed E-state index contributed by atoms with van der Waals surface area (Å²) in [5.74, 6) is -1.54. The van der Waals surface area contributed by atoms with E-state index in [-0.39, 0.29) is 19.4 Å². The SMILES string of the molecule is NC(=O)CC[C@H](N)C(=O)OC(=O)OCc1cccc2c1Cc1ccccc1-2. The van der Waals surface area contributed by atoms with Crippen molar-refractivity contribution in [2.45, 2.75) is 31.9 Å². The molecule has 0 fully saturated rings. The van der Waals surface area contributed by atoms with E-state index in [4.69, 9.17) is 16.2 Å². The number of fused-ring (bicyclic) bond motifs is 3. The van der Waals surface area contributed by atoms with Gasteiger partial charge in [-0.25, -0.2) is 9.59 Å². The standard InChI is InChI=1S/C20H20N2O5/c21-17(8-9-18(22)23)19(24)27-20(25)26-11-13-5-3-7-15-14-6-2-1-4-12(14)10-16(13)15/h1-7,17H,8-11,21H2,(H2,22,23)/t17-/m0/s1. The Bertz CT molecular complexity index is 894.